The topological polar surface area (TPSA) is 32.3 Å². The molecule has 0 bridgehead atoms. The van der Waals surface area contributed by atoms with Crippen LogP contribution in [0.2, 0.25) is 0 Å². The van der Waals surface area contributed by atoms with E-state index in [-0.39, 0.29) is 11.8 Å². The molecule has 2 rings (SSSR count). The minimum atomic E-state index is 0.163. The molecule has 0 aromatic heterocycles. The Hall–Kier alpha value is -1.35. The zero-order valence-electron chi connectivity index (χ0n) is 10.5. The van der Waals surface area contributed by atoms with Crippen molar-refractivity contribution in [3.8, 4) is 0 Å². The molecule has 1 N–H and O–H groups in total. The van der Waals surface area contributed by atoms with Gasteiger partial charge in [0.05, 0.1) is 0 Å². The first-order valence-corrected chi connectivity index (χ1v) is 6.24. The van der Waals surface area contributed by atoms with Crippen molar-refractivity contribution < 1.29 is 4.79 Å². The smallest absolute Gasteiger partial charge is 0.229 e. The van der Waals surface area contributed by atoms with Gasteiger partial charge in [-0.3, -0.25) is 4.79 Å². The highest BCUT2D eigenvalue weighted by Gasteiger charge is 2.27. The molecule has 0 radical (unpaired) electrons. The van der Waals surface area contributed by atoms with Crippen molar-refractivity contribution in [1.29, 1.82) is 0 Å². The fourth-order valence-electron chi connectivity index (χ4n) is 2.41. The number of anilines is 1. The van der Waals surface area contributed by atoms with Gasteiger partial charge >= 0.3 is 0 Å². The van der Waals surface area contributed by atoms with Crippen LogP contribution < -0.4 is 10.2 Å². The van der Waals surface area contributed by atoms with Crippen LogP contribution in [-0.2, 0) is 4.79 Å². The van der Waals surface area contributed by atoms with Crippen LogP contribution >= 0.6 is 0 Å². The maximum atomic E-state index is 12.3. The highest BCUT2D eigenvalue weighted by atomic mass is 16.2. The molecule has 0 aliphatic carbocycles. The lowest BCUT2D eigenvalue weighted by Crippen LogP contribution is -2.43. The van der Waals surface area contributed by atoms with Crippen molar-refractivity contribution in [3.05, 3.63) is 30.3 Å². The summed E-state index contributed by atoms with van der Waals surface area (Å²) in [6.07, 6.45) is 1.89. The van der Waals surface area contributed by atoms with E-state index in [1.54, 1.807) is 4.90 Å². The molecule has 92 valence electrons. The van der Waals surface area contributed by atoms with E-state index in [2.05, 4.69) is 12.2 Å². The molecule has 1 aliphatic rings. The van der Waals surface area contributed by atoms with E-state index in [1.807, 2.05) is 37.4 Å². The molecule has 3 heteroatoms. The molecule has 0 saturated carbocycles. The molecule has 2 atom stereocenters. The summed E-state index contributed by atoms with van der Waals surface area (Å²) in [6.45, 7) is 3.09. The van der Waals surface area contributed by atoms with Gasteiger partial charge in [0.2, 0.25) is 5.91 Å². The van der Waals surface area contributed by atoms with Gasteiger partial charge in [-0.1, -0.05) is 18.2 Å². The monoisotopic (exact) mass is 232 g/mol. The van der Waals surface area contributed by atoms with E-state index in [0.29, 0.717) is 6.04 Å². The van der Waals surface area contributed by atoms with Crippen LogP contribution in [0, 0.1) is 5.92 Å². The number of benzene rings is 1. The third-order valence-corrected chi connectivity index (χ3v) is 3.45. The summed E-state index contributed by atoms with van der Waals surface area (Å²) in [5.41, 5.74) is 0.976. The highest BCUT2D eigenvalue weighted by Crippen LogP contribution is 2.21. The van der Waals surface area contributed by atoms with Gasteiger partial charge in [0.25, 0.3) is 0 Å². The molecule has 0 spiro atoms. The largest absolute Gasteiger partial charge is 0.315 e. The summed E-state index contributed by atoms with van der Waals surface area (Å²) in [4.78, 5) is 14.1. The summed E-state index contributed by atoms with van der Waals surface area (Å²) < 4.78 is 0. The summed E-state index contributed by atoms with van der Waals surface area (Å²) in [5, 5.41) is 3.37. The van der Waals surface area contributed by atoms with Gasteiger partial charge in [-0.25, -0.2) is 0 Å². The van der Waals surface area contributed by atoms with E-state index < -0.39 is 0 Å². The molecular formula is C14H20N2O. The Bertz CT molecular complexity index is 377. The van der Waals surface area contributed by atoms with Crippen molar-refractivity contribution in [2.24, 2.45) is 5.92 Å². The van der Waals surface area contributed by atoms with Crippen molar-refractivity contribution in [2.75, 3.05) is 18.5 Å². The van der Waals surface area contributed by atoms with Gasteiger partial charge in [0, 0.05) is 24.7 Å². The van der Waals surface area contributed by atoms with Crippen LogP contribution in [0.4, 0.5) is 5.69 Å². The molecule has 1 heterocycles. The Kier molecular flexibility index (Phi) is 3.79. The summed E-state index contributed by atoms with van der Waals surface area (Å²) in [5.74, 6) is 0.404. The van der Waals surface area contributed by atoms with E-state index in [9.17, 15) is 4.79 Å². The Labute approximate surface area is 103 Å². The number of carbonyl (C=O) groups is 1. The van der Waals surface area contributed by atoms with Crippen molar-refractivity contribution in [2.45, 2.75) is 25.8 Å². The molecule has 1 aromatic rings. The van der Waals surface area contributed by atoms with Crippen molar-refractivity contribution in [1.82, 2.24) is 5.32 Å². The van der Waals surface area contributed by atoms with Crippen LogP contribution in [0.3, 0.4) is 0 Å². The van der Waals surface area contributed by atoms with Crippen molar-refractivity contribution >= 4 is 11.6 Å². The molecule has 0 unspecified atom stereocenters. The number of nitrogens with zero attached hydrogens (tertiary/aromatic N) is 1. The van der Waals surface area contributed by atoms with Crippen molar-refractivity contribution in [3.63, 3.8) is 0 Å². The second-order valence-electron chi connectivity index (χ2n) is 4.81. The van der Waals surface area contributed by atoms with Crippen LogP contribution in [0.5, 0.6) is 0 Å². The first-order valence-electron chi connectivity index (χ1n) is 6.24. The fourth-order valence-corrected chi connectivity index (χ4v) is 2.41. The number of nitrogens with one attached hydrogen (secondary N) is 1. The average molecular weight is 232 g/mol. The lowest BCUT2D eigenvalue weighted by Gasteiger charge is -2.30. The standard InChI is InChI=1S/C14H20N2O/c1-11-10-12(8-9-15-11)14(17)16(2)13-6-4-3-5-7-13/h3-7,11-12,15H,8-10H2,1-2H3/t11-,12-/m0/s1. The van der Waals surface area contributed by atoms with E-state index in [4.69, 9.17) is 0 Å². The maximum Gasteiger partial charge on any atom is 0.229 e. The van der Waals surface area contributed by atoms with Gasteiger partial charge < -0.3 is 10.2 Å². The summed E-state index contributed by atoms with van der Waals surface area (Å²) in [6, 6.07) is 10.3. The highest BCUT2D eigenvalue weighted by molar-refractivity contribution is 5.94. The lowest BCUT2D eigenvalue weighted by molar-refractivity contribution is -0.123. The third kappa shape index (κ3) is 2.86. The average Bonchev–Trinajstić information content (AvgIpc) is 2.38. The predicted octanol–water partition coefficient (Wildman–Crippen LogP) is 2.04. The second-order valence-corrected chi connectivity index (χ2v) is 4.81. The third-order valence-electron chi connectivity index (χ3n) is 3.45. The molecule has 1 aliphatic heterocycles. The summed E-state index contributed by atoms with van der Waals surface area (Å²) in [7, 11) is 1.87. The van der Waals surface area contributed by atoms with Gasteiger partial charge in [0.1, 0.15) is 0 Å². The van der Waals surface area contributed by atoms with Crippen LogP contribution in [0.1, 0.15) is 19.8 Å². The number of piperidine rings is 1. The Morgan fingerprint density at radius 2 is 2.06 bits per heavy atom. The molecule has 1 amide bonds. The van der Waals surface area contributed by atoms with Crippen LogP contribution in [0.15, 0.2) is 30.3 Å². The molecule has 3 nitrogen and oxygen atoms in total. The molecule has 17 heavy (non-hydrogen) atoms. The van der Waals surface area contributed by atoms with Gasteiger partial charge in [-0.15, -0.1) is 0 Å². The number of amides is 1. The molecule has 1 fully saturated rings. The molecule has 1 aromatic carbocycles. The van der Waals surface area contributed by atoms with Gasteiger partial charge in [-0.2, -0.15) is 0 Å². The number of carbonyl (C=O) groups excluding carboxylic acids is 1. The minimum absolute atomic E-state index is 0.163. The van der Waals surface area contributed by atoms with E-state index >= 15 is 0 Å². The number of rotatable bonds is 2. The van der Waals surface area contributed by atoms with Gasteiger partial charge in [0.15, 0.2) is 0 Å². The maximum absolute atomic E-state index is 12.3. The Balaban J connectivity index is 2.04. The quantitative estimate of drug-likeness (QED) is 0.846. The molecule has 1 saturated heterocycles. The zero-order chi connectivity index (χ0) is 12.3. The van der Waals surface area contributed by atoms with Crippen LogP contribution in [-0.4, -0.2) is 25.5 Å². The Morgan fingerprint density at radius 3 is 2.71 bits per heavy atom. The fraction of sp³-hybridized carbons (Fsp3) is 0.500. The number of para-hydroxylation sites is 1. The Morgan fingerprint density at radius 1 is 1.35 bits per heavy atom. The number of hydrogen-bond donors (Lipinski definition) is 1. The van der Waals surface area contributed by atoms with Gasteiger partial charge in [-0.05, 0) is 38.4 Å². The first kappa shape index (κ1) is 12.1. The minimum Gasteiger partial charge on any atom is -0.315 e. The SMILES string of the molecule is C[C@H]1C[C@@H](C(=O)N(C)c2ccccc2)CCN1. The predicted molar refractivity (Wildman–Crippen MR) is 70.0 cm³/mol. The summed E-state index contributed by atoms with van der Waals surface area (Å²) >= 11 is 0. The second kappa shape index (κ2) is 5.32. The zero-order valence-corrected chi connectivity index (χ0v) is 10.5. The van der Waals surface area contributed by atoms with E-state index in [0.717, 1.165) is 25.1 Å². The lowest BCUT2D eigenvalue weighted by atomic mass is 9.92. The molecular weight excluding hydrogens is 212 g/mol. The normalized spacial score (nSPS) is 24.4. The van der Waals surface area contributed by atoms with Crippen LogP contribution in [0.25, 0.3) is 0 Å². The first-order chi connectivity index (χ1) is 8.18. The number of hydrogen-bond acceptors (Lipinski definition) is 2. The van der Waals surface area contributed by atoms with E-state index in [1.165, 1.54) is 0 Å².